The van der Waals surface area contributed by atoms with Gasteiger partial charge in [-0.25, -0.2) is 4.39 Å². The number of allylic oxidation sites excluding steroid dienone is 5. The number of halogens is 1. The van der Waals surface area contributed by atoms with Gasteiger partial charge in [-0.05, 0) is 69.4 Å². The monoisotopic (exact) mass is 535 g/mol. The number of hydrogen-bond donors (Lipinski definition) is 1. The second-order valence-corrected chi connectivity index (χ2v) is 12.3. The van der Waals surface area contributed by atoms with Gasteiger partial charge < -0.3 is 10.2 Å². The van der Waals surface area contributed by atoms with Crippen molar-refractivity contribution in [2.45, 2.75) is 84.2 Å². The first-order valence-corrected chi connectivity index (χ1v) is 15.0. The third kappa shape index (κ3) is 7.08. The zero-order valence-corrected chi connectivity index (χ0v) is 25.0. The Labute approximate surface area is 236 Å². The van der Waals surface area contributed by atoms with E-state index in [0.717, 1.165) is 74.8 Å². The summed E-state index contributed by atoms with van der Waals surface area (Å²) in [7, 11) is 0. The van der Waals surface area contributed by atoms with E-state index >= 15 is 0 Å². The molecule has 0 bridgehead atoms. The lowest BCUT2D eigenvalue weighted by Gasteiger charge is -2.43. The van der Waals surface area contributed by atoms with Crippen LogP contribution in [0.5, 0.6) is 0 Å². The van der Waals surface area contributed by atoms with Crippen molar-refractivity contribution in [2.24, 2.45) is 0 Å². The van der Waals surface area contributed by atoms with Gasteiger partial charge in [-0.15, -0.1) is 0 Å². The minimum atomic E-state index is -0.428. The van der Waals surface area contributed by atoms with E-state index in [-0.39, 0.29) is 5.41 Å². The van der Waals surface area contributed by atoms with E-state index in [1.807, 2.05) is 19.1 Å². The normalized spacial score (nSPS) is 24.4. The molecular formula is C33H50FN5. The number of piperidine rings is 1. The second kappa shape index (κ2) is 12.9. The van der Waals surface area contributed by atoms with E-state index in [0.29, 0.717) is 12.1 Å². The summed E-state index contributed by atoms with van der Waals surface area (Å²) < 4.78 is 13.3. The number of fused-ring (bicyclic) bond motifs is 1. The Kier molecular flexibility index (Phi) is 9.84. The maximum absolute atomic E-state index is 13.3. The molecule has 2 saturated heterocycles. The number of aromatic nitrogens is 1. The molecule has 2 fully saturated rings. The first-order valence-electron chi connectivity index (χ1n) is 15.0. The van der Waals surface area contributed by atoms with Gasteiger partial charge in [0.25, 0.3) is 0 Å². The summed E-state index contributed by atoms with van der Waals surface area (Å²) in [5.41, 5.74) is 6.83. The summed E-state index contributed by atoms with van der Waals surface area (Å²) in [6.07, 6.45) is 10.9. The van der Waals surface area contributed by atoms with Crippen molar-refractivity contribution >= 4 is 5.69 Å². The fraction of sp³-hybridized carbons (Fsp3) is 0.606. The fourth-order valence-corrected chi connectivity index (χ4v) is 6.47. The number of hydrogen-bond acceptors (Lipinski definition) is 5. The van der Waals surface area contributed by atoms with E-state index < -0.39 is 5.83 Å². The van der Waals surface area contributed by atoms with Crippen molar-refractivity contribution in [1.29, 1.82) is 0 Å². The molecule has 5 nitrogen and oxygen atoms in total. The Morgan fingerprint density at radius 1 is 1.21 bits per heavy atom. The third-order valence-corrected chi connectivity index (χ3v) is 8.86. The van der Waals surface area contributed by atoms with E-state index in [1.54, 1.807) is 0 Å². The predicted molar refractivity (Wildman–Crippen MR) is 163 cm³/mol. The average Bonchev–Trinajstić information content (AvgIpc) is 3.17. The summed E-state index contributed by atoms with van der Waals surface area (Å²) in [5, 5.41) is 3.64. The smallest absolute Gasteiger partial charge is 0.116 e. The highest BCUT2D eigenvalue weighted by molar-refractivity contribution is 5.65. The van der Waals surface area contributed by atoms with Crippen molar-refractivity contribution in [3.63, 3.8) is 0 Å². The van der Waals surface area contributed by atoms with Gasteiger partial charge in [0.05, 0.1) is 11.4 Å². The highest BCUT2D eigenvalue weighted by atomic mass is 19.1. The summed E-state index contributed by atoms with van der Waals surface area (Å²) in [4.78, 5) is 13.0. The summed E-state index contributed by atoms with van der Waals surface area (Å²) >= 11 is 0. The number of piperazine rings is 1. The molecule has 4 heterocycles. The highest BCUT2D eigenvalue weighted by Crippen LogP contribution is 2.42. The lowest BCUT2D eigenvalue weighted by Crippen LogP contribution is -2.58. The molecule has 0 saturated carbocycles. The van der Waals surface area contributed by atoms with Gasteiger partial charge in [0.1, 0.15) is 5.83 Å². The van der Waals surface area contributed by atoms with Crippen LogP contribution in [0.2, 0.25) is 0 Å². The Morgan fingerprint density at radius 3 is 2.69 bits per heavy atom. The van der Waals surface area contributed by atoms with Crippen LogP contribution in [-0.4, -0.2) is 72.7 Å². The Bertz CT molecular complexity index is 1100. The summed E-state index contributed by atoms with van der Waals surface area (Å²) in [5.74, 6) is -0.428. The van der Waals surface area contributed by atoms with Crippen molar-refractivity contribution < 1.29 is 4.39 Å². The molecule has 214 valence electrons. The molecule has 1 aromatic rings. The summed E-state index contributed by atoms with van der Waals surface area (Å²) in [6, 6.07) is 3.50. The number of aryl methyl sites for hydroxylation is 1. The zero-order valence-electron chi connectivity index (χ0n) is 25.0. The molecule has 0 amide bonds. The molecule has 6 heteroatoms. The topological polar surface area (TPSA) is 34.6 Å². The minimum absolute atomic E-state index is 0.0535. The molecule has 0 aromatic carbocycles. The molecule has 3 aliphatic rings. The number of likely N-dealkylation sites (tertiary alicyclic amines) is 1. The lowest BCUT2D eigenvalue weighted by atomic mass is 9.90. The van der Waals surface area contributed by atoms with Gasteiger partial charge in [-0.3, -0.25) is 14.8 Å². The van der Waals surface area contributed by atoms with E-state index in [2.05, 4.69) is 66.9 Å². The SMILES string of the molecule is C=C(F)/C=C\C(=C/C)Cc1cc2c(nc1CC)C(C)(C)CN2C(=C)CN1CCNCC1CN1CCCCC1C. The number of nitrogens with one attached hydrogen (secondary N) is 1. The fourth-order valence-electron chi connectivity index (χ4n) is 6.47. The molecular weight excluding hydrogens is 485 g/mol. The standard InChI is InChI=1S/C33H50FN5/c1-8-27(14-13-24(3)34)18-28-19-31-32(36-30(28)9-2)33(6,7)23-39(31)26(5)21-38-17-15-35-20-29(38)22-37-16-11-10-12-25(37)4/h8,13-14,19,25,29,35H,3,5,9-12,15-18,20-23H2,1-2,4,6-7H3/b14-13-,27-8+. The number of rotatable bonds is 10. The van der Waals surface area contributed by atoms with Crippen LogP contribution in [0.1, 0.15) is 70.8 Å². The van der Waals surface area contributed by atoms with Gasteiger partial charge in [-0.2, -0.15) is 0 Å². The first-order chi connectivity index (χ1) is 18.6. The quantitative estimate of drug-likeness (QED) is 0.376. The molecule has 0 aliphatic carbocycles. The Hall–Kier alpha value is -2.28. The molecule has 2 unspecified atom stereocenters. The third-order valence-electron chi connectivity index (χ3n) is 8.86. The van der Waals surface area contributed by atoms with E-state index in [1.165, 1.54) is 43.1 Å². The van der Waals surface area contributed by atoms with E-state index in [4.69, 9.17) is 4.98 Å². The Balaban J connectivity index is 1.55. The van der Waals surface area contributed by atoms with Gasteiger partial charge in [0, 0.05) is 68.2 Å². The van der Waals surface area contributed by atoms with Crippen LogP contribution < -0.4 is 10.2 Å². The zero-order chi connectivity index (χ0) is 28.2. The van der Waals surface area contributed by atoms with E-state index in [9.17, 15) is 4.39 Å². The molecule has 1 aromatic heterocycles. The maximum atomic E-state index is 13.3. The predicted octanol–water partition coefficient (Wildman–Crippen LogP) is 5.93. The molecule has 0 spiro atoms. The number of anilines is 1. The molecule has 39 heavy (non-hydrogen) atoms. The van der Waals surface area contributed by atoms with Gasteiger partial charge in [0.2, 0.25) is 0 Å². The second-order valence-electron chi connectivity index (χ2n) is 12.3. The molecule has 3 aliphatic heterocycles. The van der Waals surface area contributed by atoms with Gasteiger partial charge in [-0.1, -0.05) is 52.5 Å². The van der Waals surface area contributed by atoms with Gasteiger partial charge >= 0.3 is 0 Å². The van der Waals surface area contributed by atoms with Crippen LogP contribution in [0.4, 0.5) is 10.1 Å². The van der Waals surface area contributed by atoms with Gasteiger partial charge in [0.15, 0.2) is 0 Å². The summed E-state index contributed by atoms with van der Waals surface area (Å²) in [6.45, 7) is 26.4. The van der Waals surface area contributed by atoms with Crippen LogP contribution in [0.3, 0.4) is 0 Å². The maximum Gasteiger partial charge on any atom is 0.116 e. The highest BCUT2D eigenvalue weighted by Gasteiger charge is 2.39. The lowest BCUT2D eigenvalue weighted by molar-refractivity contribution is 0.0850. The Morgan fingerprint density at radius 2 is 2.00 bits per heavy atom. The number of pyridine rings is 1. The van der Waals surface area contributed by atoms with Crippen molar-refractivity contribution in [2.75, 3.05) is 50.7 Å². The van der Waals surface area contributed by atoms with Crippen LogP contribution in [0.15, 0.2) is 54.5 Å². The van der Waals surface area contributed by atoms with Crippen LogP contribution in [-0.2, 0) is 18.3 Å². The van der Waals surface area contributed by atoms with Crippen LogP contribution >= 0.6 is 0 Å². The van der Waals surface area contributed by atoms with Crippen LogP contribution in [0, 0.1) is 0 Å². The van der Waals surface area contributed by atoms with Crippen molar-refractivity contribution in [1.82, 2.24) is 20.1 Å². The molecule has 1 N–H and O–H groups in total. The van der Waals surface area contributed by atoms with Crippen molar-refractivity contribution in [3.05, 3.63) is 71.5 Å². The minimum Gasteiger partial charge on any atom is -0.342 e. The molecule has 0 radical (unpaired) electrons. The molecule has 2 atom stereocenters. The first kappa shape index (κ1) is 29.7. The number of nitrogens with zero attached hydrogens (tertiary/aromatic N) is 4. The molecule has 4 rings (SSSR count). The largest absolute Gasteiger partial charge is 0.342 e. The van der Waals surface area contributed by atoms with Crippen molar-refractivity contribution in [3.8, 4) is 0 Å². The average molecular weight is 536 g/mol. The van der Waals surface area contributed by atoms with Crippen LogP contribution in [0.25, 0.3) is 0 Å².